The van der Waals surface area contributed by atoms with Crippen LogP contribution in [0.3, 0.4) is 0 Å². The standard InChI is InChI=1S/C21H31N3O4/c22-27-15-12-23-10-13-25-16-17-26-14-11-24-18-19-6-8-21(9-7-19)28-20-4-2-1-3-5-20/h1-9,23-24H,10-18,22H2. The van der Waals surface area contributed by atoms with Crippen molar-refractivity contribution in [1.82, 2.24) is 10.6 Å². The molecule has 0 saturated carbocycles. The van der Waals surface area contributed by atoms with Crippen LogP contribution in [-0.4, -0.2) is 52.7 Å². The largest absolute Gasteiger partial charge is 0.457 e. The van der Waals surface area contributed by atoms with Crippen molar-refractivity contribution in [3.8, 4) is 11.5 Å². The third kappa shape index (κ3) is 10.4. The van der Waals surface area contributed by atoms with Crippen LogP contribution >= 0.6 is 0 Å². The summed E-state index contributed by atoms with van der Waals surface area (Å²) < 4.78 is 16.8. The molecule has 0 aliphatic rings. The van der Waals surface area contributed by atoms with E-state index in [1.165, 1.54) is 5.56 Å². The quantitative estimate of drug-likeness (QED) is 0.299. The monoisotopic (exact) mass is 389 g/mol. The minimum Gasteiger partial charge on any atom is -0.457 e. The molecule has 2 aromatic rings. The molecule has 0 spiro atoms. The Kier molecular flexibility index (Phi) is 11.9. The van der Waals surface area contributed by atoms with E-state index in [1.54, 1.807) is 0 Å². The van der Waals surface area contributed by atoms with E-state index >= 15 is 0 Å². The topological polar surface area (TPSA) is 87.0 Å². The highest BCUT2D eigenvalue weighted by Crippen LogP contribution is 2.20. The Balaban J connectivity index is 1.43. The molecule has 0 bridgehead atoms. The van der Waals surface area contributed by atoms with Crippen LogP contribution in [-0.2, 0) is 20.9 Å². The second-order valence-electron chi connectivity index (χ2n) is 6.08. The van der Waals surface area contributed by atoms with Crippen molar-refractivity contribution in [3.63, 3.8) is 0 Å². The van der Waals surface area contributed by atoms with Crippen LogP contribution in [0.15, 0.2) is 54.6 Å². The lowest BCUT2D eigenvalue weighted by Gasteiger charge is -2.09. The lowest BCUT2D eigenvalue weighted by atomic mass is 10.2. The van der Waals surface area contributed by atoms with Gasteiger partial charge in [-0.1, -0.05) is 30.3 Å². The van der Waals surface area contributed by atoms with Crippen molar-refractivity contribution < 1.29 is 19.0 Å². The summed E-state index contributed by atoms with van der Waals surface area (Å²) in [7, 11) is 0. The van der Waals surface area contributed by atoms with Crippen molar-refractivity contribution in [2.45, 2.75) is 6.54 Å². The van der Waals surface area contributed by atoms with E-state index in [4.69, 9.17) is 20.1 Å². The molecule has 0 heterocycles. The number of rotatable bonds is 16. The van der Waals surface area contributed by atoms with Gasteiger partial charge in [0.1, 0.15) is 11.5 Å². The van der Waals surface area contributed by atoms with Gasteiger partial charge in [-0.25, -0.2) is 5.90 Å². The first-order valence-corrected chi connectivity index (χ1v) is 9.59. The predicted octanol–water partition coefficient (Wildman–Crippen LogP) is 2.08. The molecule has 4 N–H and O–H groups in total. The second kappa shape index (κ2) is 15.0. The Morgan fingerprint density at radius 1 is 0.643 bits per heavy atom. The summed E-state index contributed by atoms with van der Waals surface area (Å²) in [4.78, 5) is 4.45. The fraction of sp³-hybridized carbons (Fsp3) is 0.429. The fourth-order valence-corrected chi connectivity index (χ4v) is 2.40. The summed E-state index contributed by atoms with van der Waals surface area (Å²) in [5.74, 6) is 6.60. The number of ether oxygens (including phenoxy) is 3. The maximum absolute atomic E-state index is 5.79. The molecule has 2 aromatic carbocycles. The molecule has 0 aliphatic heterocycles. The number of hydrogen-bond donors (Lipinski definition) is 3. The number of nitrogens with two attached hydrogens (primary N) is 1. The van der Waals surface area contributed by atoms with Gasteiger partial charge in [0.15, 0.2) is 0 Å². The van der Waals surface area contributed by atoms with Gasteiger partial charge in [0.2, 0.25) is 0 Å². The number of benzene rings is 2. The highest BCUT2D eigenvalue weighted by Gasteiger charge is 1.98. The van der Waals surface area contributed by atoms with E-state index in [0.29, 0.717) is 33.0 Å². The molecule has 154 valence electrons. The lowest BCUT2D eigenvalue weighted by Crippen LogP contribution is -2.25. The first kappa shape index (κ1) is 22.3. The smallest absolute Gasteiger partial charge is 0.127 e. The number of para-hydroxylation sites is 1. The van der Waals surface area contributed by atoms with Crippen molar-refractivity contribution in [1.29, 1.82) is 0 Å². The highest BCUT2D eigenvalue weighted by molar-refractivity contribution is 5.32. The van der Waals surface area contributed by atoms with Crippen LogP contribution < -0.4 is 21.3 Å². The maximum Gasteiger partial charge on any atom is 0.127 e. The molecule has 0 saturated heterocycles. The Labute approximate surface area is 167 Å². The third-order valence-corrected chi connectivity index (χ3v) is 3.85. The Morgan fingerprint density at radius 3 is 1.93 bits per heavy atom. The van der Waals surface area contributed by atoms with Crippen LogP contribution in [0, 0.1) is 0 Å². The first-order chi connectivity index (χ1) is 13.9. The van der Waals surface area contributed by atoms with E-state index < -0.39 is 0 Å². The molecule has 28 heavy (non-hydrogen) atoms. The molecule has 7 nitrogen and oxygen atoms in total. The SMILES string of the molecule is NOCCNCCOCCOCCNCc1ccc(Oc2ccccc2)cc1. The lowest BCUT2D eigenvalue weighted by molar-refractivity contribution is 0.0491. The van der Waals surface area contributed by atoms with Gasteiger partial charge in [-0.05, 0) is 29.8 Å². The number of hydrogen-bond acceptors (Lipinski definition) is 7. The number of nitrogens with one attached hydrogen (secondary N) is 2. The maximum atomic E-state index is 5.79. The molecule has 0 unspecified atom stereocenters. The van der Waals surface area contributed by atoms with E-state index in [2.05, 4.69) is 27.6 Å². The zero-order valence-corrected chi connectivity index (χ0v) is 16.3. The van der Waals surface area contributed by atoms with Crippen molar-refractivity contribution in [2.75, 3.05) is 52.7 Å². The van der Waals surface area contributed by atoms with E-state index in [0.717, 1.165) is 37.7 Å². The molecule has 0 aliphatic carbocycles. The minimum absolute atomic E-state index is 0.502. The van der Waals surface area contributed by atoms with Gasteiger partial charge in [0, 0.05) is 26.2 Å². The molecule has 0 fully saturated rings. The molecule has 0 aromatic heterocycles. The van der Waals surface area contributed by atoms with Gasteiger partial charge >= 0.3 is 0 Å². The minimum atomic E-state index is 0.502. The van der Waals surface area contributed by atoms with Gasteiger partial charge in [-0.2, -0.15) is 0 Å². The molecule has 2 rings (SSSR count). The molecular formula is C21H31N3O4. The van der Waals surface area contributed by atoms with Crippen molar-refractivity contribution in [3.05, 3.63) is 60.2 Å². The molecule has 7 heteroatoms. The third-order valence-electron chi connectivity index (χ3n) is 3.85. The van der Waals surface area contributed by atoms with Crippen LogP contribution in [0.1, 0.15) is 5.56 Å². The van der Waals surface area contributed by atoms with Gasteiger partial charge in [-0.3, -0.25) is 0 Å². The van der Waals surface area contributed by atoms with Crippen LogP contribution in [0.4, 0.5) is 0 Å². The summed E-state index contributed by atoms with van der Waals surface area (Å²) in [5, 5.41) is 6.51. The normalized spacial score (nSPS) is 10.9. The molecule has 0 amide bonds. The van der Waals surface area contributed by atoms with Crippen LogP contribution in [0.5, 0.6) is 11.5 Å². The summed E-state index contributed by atoms with van der Waals surface area (Å²) in [6.07, 6.45) is 0. The van der Waals surface area contributed by atoms with Crippen molar-refractivity contribution >= 4 is 0 Å². The Morgan fingerprint density at radius 2 is 1.25 bits per heavy atom. The van der Waals surface area contributed by atoms with Gasteiger partial charge in [0.25, 0.3) is 0 Å². The van der Waals surface area contributed by atoms with Crippen LogP contribution in [0.25, 0.3) is 0 Å². The first-order valence-electron chi connectivity index (χ1n) is 9.59. The van der Waals surface area contributed by atoms with E-state index in [9.17, 15) is 0 Å². The molecular weight excluding hydrogens is 358 g/mol. The summed E-state index contributed by atoms with van der Waals surface area (Å²) in [5.41, 5.74) is 1.20. The molecule has 0 atom stereocenters. The summed E-state index contributed by atoms with van der Waals surface area (Å²) in [6, 6.07) is 17.9. The summed E-state index contributed by atoms with van der Waals surface area (Å²) >= 11 is 0. The average molecular weight is 389 g/mol. The predicted molar refractivity (Wildman–Crippen MR) is 109 cm³/mol. The van der Waals surface area contributed by atoms with Gasteiger partial charge < -0.3 is 29.7 Å². The Hall–Kier alpha value is -2.00. The van der Waals surface area contributed by atoms with E-state index in [-0.39, 0.29) is 0 Å². The van der Waals surface area contributed by atoms with E-state index in [1.807, 2.05) is 42.5 Å². The highest BCUT2D eigenvalue weighted by atomic mass is 16.6. The zero-order valence-electron chi connectivity index (χ0n) is 16.3. The summed E-state index contributed by atoms with van der Waals surface area (Å²) in [6.45, 7) is 6.09. The van der Waals surface area contributed by atoms with Gasteiger partial charge in [0.05, 0.1) is 33.0 Å². The van der Waals surface area contributed by atoms with Gasteiger partial charge in [-0.15, -0.1) is 0 Å². The van der Waals surface area contributed by atoms with Crippen LogP contribution in [0.2, 0.25) is 0 Å². The Bertz CT molecular complexity index is 611. The average Bonchev–Trinajstić information content (AvgIpc) is 2.73. The van der Waals surface area contributed by atoms with Crippen molar-refractivity contribution in [2.24, 2.45) is 5.90 Å². The second-order valence-corrected chi connectivity index (χ2v) is 6.08. The molecule has 0 radical (unpaired) electrons. The fourth-order valence-electron chi connectivity index (χ4n) is 2.40. The zero-order chi connectivity index (χ0) is 19.7.